The van der Waals surface area contributed by atoms with Crippen molar-refractivity contribution in [2.75, 3.05) is 0 Å². The van der Waals surface area contributed by atoms with Crippen LogP contribution in [0.1, 0.15) is 24.4 Å². The lowest BCUT2D eigenvalue weighted by Crippen LogP contribution is -2.08. The van der Waals surface area contributed by atoms with Crippen LogP contribution in [0, 0.1) is 0 Å². The van der Waals surface area contributed by atoms with Crippen LogP contribution in [-0.4, -0.2) is 14.7 Å². The summed E-state index contributed by atoms with van der Waals surface area (Å²) in [4.78, 5) is 4.25. The smallest absolute Gasteiger partial charge is 0.111 e. The molecule has 1 aromatic carbocycles. The lowest BCUT2D eigenvalue weighted by atomic mass is 10.1. The van der Waals surface area contributed by atoms with Crippen LogP contribution in [-0.2, 0) is 13.0 Å². The molecule has 0 saturated carbocycles. The fraction of sp³-hybridized carbons (Fsp3) is 0.308. The van der Waals surface area contributed by atoms with Gasteiger partial charge < -0.3 is 9.67 Å². The molecule has 1 N–H and O–H groups in total. The minimum Gasteiger partial charge on any atom is -0.388 e. The van der Waals surface area contributed by atoms with Crippen molar-refractivity contribution >= 4 is 27.5 Å². The molecule has 0 bridgehead atoms. The number of hydrogen-bond acceptors (Lipinski definition) is 2. The second-order valence-electron chi connectivity index (χ2n) is 3.99. The summed E-state index contributed by atoms with van der Waals surface area (Å²) in [7, 11) is 0. The first kappa shape index (κ1) is 13.6. The monoisotopic (exact) mass is 328 g/mol. The second kappa shape index (κ2) is 5.87. The molecule has 96 valence electrons. The van der Waals surface area contributed by atoms with Crippen LogP contribution in [0.25, 0.3) is 0 Å². The first-order valence-electron chi connectivity index (χ1n) is 5.75. The number of nitrogens with zero attached hydrogens (tertiary/aromatic N) is 2. The average Bonchev–Trinajstić information content (AvgIpc) is 2.79. The molecule has 0 amide bonds. The number of aromatic nitrogens is 2. The van der Waals surface area contributed by atoms with Crippen LogP contribution >= 0.6 is 27.5 Å². The van der Waals surface area contributed by atoms with Gasteiger partial charge in [-0.25, -0.2) is 4.98 Å². The van der Waals surface area contributed by atoms with Crippen LogP contribution in [0.3, 0.4) is 0 Å². The Morgan fingerprint density at radius 1 is 1.50 bits per heavy atom. The first-order chi connectivity index (χ1) is 8.63. The first-order valence-corrected chi connectivity index (χ1v) is 6.92. The van der Waals surface area contributed by atoms with E-state index in [1.54, 1.807) is 6.20 Å². The number of aliphatic hydroxyl groups is 1. The highest BCUT2D eigenvalue weighted by Crippen LogP contribution is 2.31. The average molecular weight is 330 g/mol. The van der Waals surface area contributed by atoms with Crippen molar-refractivity contribution in [2.24, 2.45) is 0 Å². The van der Waals surface area contributed by atoms with Gasteiger partial charge in [-0.3, -0.25) is 0 Å². The van der Waals surface area contributed by atoms with Gasteiger partial charge in [0.25, 0.3) is 0 Å². The summed E-state index contributed by atoms with van der Waals surface area (Å²) < 4.78 is 2.80. The van der Waals surface area contributed by atoms with Crippen molar-refractivity contribution in [2.45, 2.75) is 26.0 Å². The van der Waals surface area contributed by atoms with Gasteiger partial charge in [0, 0.05) is 35.4 Å². The summed E-state index contributed by atoms with van der Waals surface area (Å²) in [6.07, 6.45) is 3.46. The highest BCUT2D eigenvalue weighted by Gasteiger charge is 2.16. The summed E-state index contributed by atoms with van der Waals surface area (Å²) in [5, 5.41) is 10.8. The van der Waals surface area contributed by atoms with Crippen molar-refractivity contribution in [3.8, 4) is 0 Å². The zero-order chi connectivity index (χ0) is 13.1. The molecule has 2 aromatic rings. The fourth-order valence-corrected chi connectivity index (χ4v) is 2.51. The molecule has 0 saturated heterocycles. The number of benzene rings is 1. The number of halogens is 2. The van der Waals surface area contributed by atoms with E-state index >= 15 is 0 Å². The van der Waals surface area contributed by atoms with Crippen molar-refractivity contribution < 1.29 is 5.11 Å². The van der Waals surface area contributed by atoms with E-state index in [4.69, 9.17) is 11.6 Å². The molecular weight excluding hydrogens is 316 g/mol. The predicted octanol–water partition coefficient (Wildman–Crippen LogP) is 3.60. The molecule has 1 heterocycles. The molecule has 5 heteroatoms. The van der Waals surface area contributed by atoms with E-state index in [1.165, 1.54) is 0 Å². The van der Waals surface area contributed by atoms with Crippen LogP contribution in [0.5, 0.6) is 0 Å². The van der Waals surface area contributed by atoms with Crippen LogP contribution in [0.4, 0.5) is 0 Å². The lowest BCUT2D eigenvalue weighted by Gasteiger charge is -2.14. The maximum atomic E-state index is 10.3. The van der Waals surface area contributed by atoms with Gasteiger partial charge in [0.1, 0.15) is 5.82 Å². The Kier molecular flexibility index (Phi) is 4.43. The Hall–Kier alpha value is -0.840. The van der Waals surface area contributed by atoms with Crippen molar-refractivity contribution in [3.05, 3.63) is 51.5 Å². The third-order valence-electron chi connectivity index (χ3n) is 2.86. The van der Waals surface area contributed by atoms with E-state index in [9.17, 15) is 5.11 Å². The number of aliphatic hydroxyl groups excluding tert-OH is 1. The molecule has 18 heavy (non-hydrogen) atoms. The van der Waals surface area contributed by atoms with E-state index in [-0.39, 0.29) is 0 Å². The van der Waals surface area contributed by atoms with Gasteiger partial charge in [-0.1, -0.05) is 23.7 Å². The largest absolute Gasteiger partial charge is 0.388 e. The van der Waals surface area contributed by atoms with E-state index < -0.39 is 6.10 Å². The standard InChI is InChI=1S/C13H14BrClN2O/c1-2-17-7-6-16-12(17)8-11(18)9-4-3-5-10(14)13(9)15/h3-7,11,18H,2,8H2,1H3. The molecular formula is C13H14BrClN2O. The molecule has 0 spiro atoms. The van der Waals surface area contributed by atoms with E-state index in [0.29, 0.717) is 11.4 Å². The Bertz CT molecular complexity index is 542. The molecule has 0 aliphatic rings. The zero-order valence-corrected chi connectivity index (χ0v) is 12.3. The van der Waals surface area contributed by atoms with Crippen LogP contribution in [0.15, 0.2) is 35.1 Å². The highest BCUT2D eigenvalue weighted by molar-refractivity contribution is 9.10. The lowest BCUT2D eigenvalue weighted by molar-refractivity contribution is 0.174. The van der Waals surface area contributed by atoms with Crippen molar-refractivity contribution in [1.29, 1.82) is 0 Å². The van der Waals surface area contributed by atoms with Crippen molar-refractivity contribution in [1.82, 2.24) is 9.55 Å². The van der Waals surface area contributed by atoms with E-state index in [0.717, 1.165) is 22.4 Å². The Morgan fingerprint density at radius 2 is 2.28 bits per heavy atom. The number of aryl methyl sites for hydroxylation is 1. The number of rotatable bonds is 4. The normalized spacial score (nSPS) is 12.7. The van der Waals surface area contributed by atoms with E-state index in [1.807, 2.05) is 35.9 Å². The molecule has 1 aromatic heterocycles. The molecule has 1 atom stereocenters. The molecule has 0 radical (unpaired) electrons. The van der Waals surface area contributed by atoms with Crippen molar-refractivity contribution in [3.63, 3.8) is 0 Å². The number of imidazole rings is 1. The third-order valence-corrected chi connectivity index (χ3v) is 4.17. The summed E-state index contributed by atoms with van der Waals surface area (Å²) in [6.45, 7) is 2.89. The molecule has 0 aliphatic carbocycles. The molecule has 1 unspecified atom stereocenters. The second-order valence-corrected chi connectivity index (χ2v) is 5.22. The van der Waals surface area contributed by atoms with Gasteiger partial charge in [-0.05, 0) is 28.9 Å². The minimum absolute atomic E-state index is 0.455. The Balaban J connectivity index is 2.22. The summed E-state index contributed by atoms with van der Waals surface area (Å²) in [6, 6.07) is 5.54. The maximum Gasteiger partial charge on any atom is 0.111 e. The fourth-order valence-electron chi connectivity index (χ4n) is 1.88. The molecule has 2 rings (SSSR count). The Morgan fingerprint density at radius 3 is 3.00 bits per heavy atom. The zero-order valence-electron chi connectivity index (χ0n) is 9.98. The van der Waals surface area contributed by atoms with Gasteiger partial charge in [-0.2, -0.15) is 0 Å². The van der Waals surface area contributed by atoms with Crippen LogP contribution < -0.4 is 0 Å². The minimum atomic E-state index is -0.650. The quantitative estimate of drug-likeness (QED) is 0.931. The number of hydrogen-bond donors (Lipinski definition) is 1. The predicted molar refractivity (Wildman–Crippen MR) is 75.7 cm³/mol. The summed E-state index contributed by atoms with van der Waals surface area (Å²) in [5.41, 5.74) is 0.719. The third kappa shape index (κ3) is 2.76. The van der Waals surface area contributed by atoms with Crippen LogP contribution in [0.2, 0.25) is 5.02 Å². The molecule has 3 nitrogen and oxygen atoms in total. The maximum absolute atomic E-state index is 10.3. The molecule has 0 fully saturated rings. The summed E-state index contributed by atoms with van der Waals surface area (Å²) >= 11 is 9.52. The highest BCUT2D eigenvalue weighted by atomic mass is 79.9. The van der Waals surface area contributed by atoms with Gasteiger partial charge in [0.2, 0.25) is 0 Å². The van der Waals surface area contributed by atoms with Gasteiger partial charge in [0.05, 0.1) is 11.1 Å². The molecule has 0 aliphatic heterocycles. The van der Waals surface area contributed by atoms with Gasteiger partial charge >= 0.3 is 0 Å². The van der Waals surface area contributed by atoms with E-state index in [2.05, 4.69) is 20.9 Å². The Labute approximate surface area is 120 Å². The van der Waals surface area contributed by atoms with Gasteiger partial charge in [0.15, 0.2) is 0 Å². The summed E-state index contributed by atoms with van der Waals surface area (Å²) in [5.74, 6) is 0.862. The topological polar surface area (TPSA) is 38.0 Å². The van der Waals surface area contributed by atoms with Gasteiger partial charge in [-0.15, -0.1) is 0 Å². The SMILES string of the molecule is CCn1ccnc1CC(O)c1cccc(Br)c1Cl.